The van der Waals surface area contributed by atoms with Gasteiger partial charge >= 0.3 is 0 Å². The van der Waals surface area contributed by atoms with E-state index < -0.39 is 0 Å². The predicted molar refractivity (Wildman–Crippen MR) is 44.4 cm³/mol. The van der Waals surface area contributed by atoms with E-state index in [-0.39, 0.29) is 0 Å². The van der Waals surface area contributed by atoms with Crippen LogP contribution in [0.4, 0.5) is 0 Å². The molecule has 0 aromatic rings. The number of allylic oxidation sites excluding steroid dienone is 4. The molecule has 0 bridgehead atoms. The zero-order chi connectivity index (χ0) is 7.56. The minimum Gasteiger partial charge on any atom is -0.119 e. The summed E-state index contributed by atoms with van der Waals surface area (Å²) in [5.74, 6) is 3.62. The fourth-order valence-electron chi connectivity index (χ4n) is 1.30. The summed E-state index contributed by atoms with van der Waals surface area (Å²) < 4.78 is 0. The molecule has 0 spiro atoms. The molecule has 10 heavy (non-hydrogen) atoms. The Labute approximate surface area is 62.6 Å². The van der Waals surface area contributed by atoms with E-state index in [1.165, 1.54) is 5.57 Å². The maximum atomic E-state index is 5.36. The average molecular weight is 132 g/mol. The van der Waals surface area contributed by atoms with Crippen LogP contribution < -0.4 is 0 Å². The molecule has 1 aliphatic rings. The van der Waals surface area contributed by atoms with Gasteiger partial charge in [-0.25, -0.2) is 0 Å². The summed E-state index contributed by atoms with van der Waals surface area (Å²) in [6, 6.07) is 0. The van der Waals surface area contributed by atoms with Gasteiger partial charge in [-0.05, 0) is 12.8 Å². The minimum absolute atomic E-state index is 0.324. The molecule has 1 rings (SSSR count). The van der Waals surface area contributed by atoms with Gasteiger partial charge in [-0.1, -0.05) is 36.6 Å². The van der Waals surface area contributed by atoms with E-state index >= 15 is 0 Å². The summed E-state index contributed by atoms with van der Waals surface area (Å²) in [6.45, 7) is 4.24. The Morgan fingerprint density at radius 3 is 2.70 bits per heavy atom. The number of hydrogen-bond acceptors (Lipinski definition) is 0. The predicted octanol–water partition coefficient (Wildman–Crippen LogP) is 2.39. The van der Waals surface area contributed by atoms with Gasteiger partial charge < -0.3 is 0 Å². The summed E-state index contributed by atoms with van der Waals surface area (Å²) in [5.41, 5.74) is 1.30. The number of hydrogen-bond donors (Lipinski definition) is 0. The fraction of sp³-hybridized carbons (Fsp3) is 0.400. The Morgan fingerprint density at radius 1 is 1.60 bits per heavy atom. The van der Waals surface area contributed by atoms with Crippen LogP contribution in [0.5, 0.6) is 0 Å². The molecular formula is C10H12. The van der Waals surface area contributed by atoms with Crippen LogP contribution in [0.1, 0.15) is 13.8 Å². The maximum absolute atomic E-state index is 5.36. The minimum atomic E-state index is 0.324. The van der Waals surface area contributed by atoms with E-state index in [4.69, 9.17) is 6.42 Å². The first kappa shape index (κ1) is 7.15. The Hall–Kier alpha value is -0.960. The number of terminal acetylenes is 1. The van der Waals surface area contributed by atoms with Gasteiger partial charge in [-0.15, -0.1) is 6.42 Å². The van der Waals surface area contributed by atoms with E-state index in [1.807, 2.05) is 0 Å². The van der Waals surface area contributed by atoms with Crippen molar-refractivity contribution in [1.29, 1.82) is 0 Å². The summed E-state index contributed by atoms with van der Waals surface area (Å²) >= 11 is 0. The molecule has 0 amide bonds. The van der Waals surface area contributed by atoms with E-state index in [1.54, 1.807) is 0 Å². The fourth-order valence-corrected chi connectivity index (χ4v) is 1.30. The van der Waals surface area contributed by atoms with Gasteiger partial charge in [0.25, 0.3) is 0 Å². The van der Waals surface area contributed by atoms with Gasteiger partial charge in [-0.3, -0.25) is 0 Å². The quantitative estimate of drug-likeness (QED) is 0.444. The van der Waals surface area contributed by atoms with Crippen LogP contribution in [0.3, 0.4) is 0 Å². The second-order valence-corrected chi connectivity index (χ2v) is 2.80. The molecule has 1 aliphatic carbocycles. The lowest BCUT2D eigenvalue weighted by atomic mass is 9.85. The normalized spacial score (nSPS) is 31.1. The van der Waals surface area contributed by atoms with Crippen molar-refractivity contribution < 1.29 is 0 Å². The molecular weight excluding hydrogens is 120 g/mol. The molecule has 2 unspecified atom stereocenters. The third-order valence-electron chi connectivity index (χ3n) is 1.97. The van der Waals surface area contributed by atoms with Crippen LogP contribution in [0.2, 0.25) is 0 Å². The highest BCUT2D eigenvalue weighted by Gasteiger charge is 2.15. The second kappa shape index (κ2) is 2.75. The molecule has 0 saturated heterocycles. The SMILES string of the molecule is C#CC1C(C)=CC=CC1C. The van der Waals surface area contributed by atoms with Crippen molar-refractivity contribution in [3.8, 4) is 12.3 Å². The van der Waals surface area contributed by atoms with Gasteiger partial charge in [0.15, 0.2) is 0 Å². The average Bonchev–Trinajstić information content (AvgIpc) is 1.88. The van der Waals surface area contributed by atoms with Crippen LogP contribution in [0.15, 0.2) is 23.8 Å². The standard InChI is InChI=1S/C10H12/c1-4-10-8(2)6-5-7-9(10)3/h1,5-8,10H,2-3H3. The Morgan fingerprint density at radius 2 is 2.30 bits per heavy atom. The first-order valence-electron chi connectivity index (χ1n) is 3.57. The summed E-state index contributed by atoms with van der Waals surface area (Å²) in [4.78, 5) is 0. The van der Waals surface area contributed by atoms with Gasteiger partial charge in [0.05, 0.1) is 0 Å². The number of rotatable bonds is 0. The van der Waals surface area contributed by atoms with Crippen molar-refractivity contribution in [1.82, 2.24) is 0 Å². The Balaban J connectivity index is 2.84. The first-order valence-corrected chi connectivity index (χ1v) is 3.57. The van der Waals surface area contributed by atoms with Crippen molar-refractivity contribution in [2.45, 2.75) is 13.8 Å². The summed E-state index contributed by atoms with van der Waals surface area (Å²) in [5, 5.41) is 0. The summed E-state index contributed by atoms with van der Waals surface area (Å²) in [6.07, 6.45) is 11.7. The monoisotopic (exact) mass is 132 g/mol. The van der Waals surface area contributed by atoms with Crippen LogP contribution in [-0.2, 0) is 0 Å². The van der Waals surface area contributed by atoms with Crippen molar-refractivity contribution in [2.24, 2.45) is 11.8 Å². The first-order chi connectivity index (χ1) is 4.75. The molecule has 0 nitrogen and oxygen atoms in total. The molecule has 0 fully saturated rings. The van der Waals surface area contributed by atoms with Crippen LogP contribution >= 0.6 is 0 Å². The van der Waals surface area contributed by atoms with Crippen molar-refractivity contribution in [3.05, 3.63) is 23.8 Å². The van der Waals surface area contributed by atoms with Crippen LogP contribution in [0, 0.1) is 24.2 Å². The molecule has 0 aromatic heterocycles. The highest BCUT2D eigenvalue weighted by atomic mass is 14.2. The highest BCUT2D eigenvalue weighted by Crippen LogP contribution is 2.24. The maximum Gasteiger partial charge on any atom is 0.0469 e. The van der Waals surface area contributed by atoms with E-state index in [9.17, 15) is 0 Å². The third kappa shape index (κ3) is 1.14. The van der Waals surface area contributed by atoms with E-state index in [0.29, 0.717) is 11.8 Å². The topological polar surface area (TPSA) is 0 Å². The largest absolute Gasteiger partial charge is 0.119 e. The highest BCUT2D eigenvalue weighted by molar-refractivity contribution is 5.27. The second-order valence-electron chi connectivity index (χ2n) is 2.80. The molecule has 0 radical (unpaired) electrons. The lowest BCUT2D eigenvalue weighted by Crippen LogP contribution is -2.10. The molecule has 2 atom stereocenters. The van der Waals surface area contributed by atoms with Crippen LogP contribution in [-0.4, -0.2) is 0 Å². The van der Waals surface area contributed by atoms with Gasteiger partial charge in [0, 0.05) is 5.92 Å². The molecule has 0 saturated carbocycles. The molecule has 52 valence electrons. The third-order valence-corrected chi connectivity index (χ3v) is 1.97. The Kier molecular flexibility index (Phi) is 1.97. The van der Waals surface area contributed by atoms with E-state index in [2.05, 4.69) is 38.0 Å². The Bertz CT molecular complexity index is 213. The lowest BCUT2D eigenvalue weighted by Gasteiger charge is -2.19. The van der Waals surface area contributed by atoms with Crippen LogP contribution in [0.25, 0.3) is 0 Å². The molecule has 0 heteroatoms. The smallest absolute Gasteiger partial charge is 0.0469 e. The van der Waals surface area contributed by atoms with Crippen molar-refractivity contribution in [2.75, 3.05) is 0 Å². The molecule has 0 N–H and O–H groups in total. The van der Waals surface area contributed by atoms with Gasteiger partial charge in [-0.2, -0.15) is 0 Å². The zero-order valence-corrected chi connectivity index (χ0v) is 6.46. The molecule has 0 aliphatic heterocycles. The van der Waals surface area contributed by atoms with Crippen molar-refractivity contribution >= 4 is 0 Å². The van der Waals surface area contributed by atoms with Crippen molar-refractivity contribution in [3.63, 3.8) is 0 Å². The zero-order valence-electron chi connectivity index (χ0n) is 6.46. The molecule has 0 aromatic carbocycles. The summed E-state index contributed by atoms with van der Waals surface area (Å²) in [7, 11) is 0. The van der Waals surface area contributed by atoms with Gasteiger partial charge in [0.2, 0.25) is 0 Å². The molecule has 0 heterocycles. The lowest BCUT2D eigenvalue weighted by molar-refractivity contribution is 0.593. The van der Waals surface area contributed by atoms with E-state index in [0.717, 1.165) is 0 Å². The van der Waals surface area contributed by atoms with Gasteiger partial charge in [0.1, 0.15) is 0 Å².